The van der Waals surface area contributed by atoms with Gasteiger partial charge in [0.2, 0.25) is 0 Å². The molecule has 0 amide bonds. The number of nitrogens with zero attached hydrogens (tertiary/aromatic N) is 5. The van der Waals surface area contributed by atoms with Crippen molar-refractivity contribution >= 4 is 41.7 Å². The minimum absolute atomic E-state index is 0.0411. The number of hydrogen-bond donors (Lipinski definition) is 2. The van der Waals surface area contributed by atoms with E-state index in [-0.39, 0.29) is 5.88 Å². The summed E-state index contributed by atoms with van der Waals surface area (Å²) in [6.45, 7) is 7.15. The Labute approximate surface area is 153 Å². The van der Waals surface area contributed by atoms with Gasteiger partial charge in [0.05, 0.1) is 28.9 Å². The van der Waals surface area contributed by atoms with Gasteiger partial charge in [0.1, 0.15) is 12.2 Å². The van der Waals surface area contributed by atoms with Crippen LogP contribution in [0.5, 0.6) is 0 Å². The number of allylic oxidation sites excluding steroid dienone is 1. The molecule has 1 aliphatic rings. The van der Waals surface area contributed by atoms with Crippen molar-refractivity contribution in [2.45, 2.75) is 0 Å². The van der Waals surface area contributed by atoms with E-state index in [0.717, 1.165) is 37.6 Å². The summed E-state index contributed by atoms with van der Waals surface area (Å²) in [5.74, 6) is 0.380. The van der Waals surface area contributed by atoms with E-state index in [4.69, 9.17) is 17.3 Å². The van der Waals surface area contributed by atoms with Gasteiger partial charge in [-0.25, -0.2) is 4.99 Å². The van der Waals surface area contributed by atoms with Crippen LogP contribution in [-0.4, -0.2) is 57.1 Å². The lowest BCUT2D eigenvalue weighted by molar-refractivity contribution is 0.313. The van der Waals surface area contributed by atoms with E-state index >= 15 is 0 Å². The van der Waals surface area contributed by atoms with Gasteiger partial charge in [0.25, 0.3) is 0 Å². The predicted octanol–water partition coefficient (Wildman–Crippen LogP) is 2.14. The average molecular weight is 360 g/mol. The highest BCUT2D eigenvalue weighted by Gasteiger charge is 2.18. The number of halogens is 1. The first-order valence-corrected chi connectivity index (χ1v) is 8.40. The highest BCUT2D eigenvalue weighted by Crippen LogP contribution is 2.31. The highest BCUT2D eigenvalue weighted by atomic mass is 35.5. The maximum Gasteiger partial charge on any atom is 0.147 e. The Kier molecular flexibility index (Phi) is 6.81. The van der Waals surface area contributed by atoms with Crippen LogP contribution in [-0.2, 0) is 0 Å². The molecule has 0 unspecified atom stereocenters. The Morgan fingerprint density at radius 3 is 2.76 bits per heavy atom. The number of nitrogen functional groups attached to an aromatic ring is 1. The Balaban J connectivity index is 2.38. The van der Waals surface area contributed by atoms with Crippen LogP contribution in [0, 0.1) is 11.3 Å². The smallest absolute Gasteiger partial charge is 0.147 e. The molecule has 0 bridgehead atoms. The van der Waals surface area contributed by atoms with Crippen LogP contribution in [0.4, 0.5) is 17.1 Å². The molecular weight excluding hydrogens is 338 g/mol. The van der Waals surface area contributed by atoms with Crippen molar-refractivity contribution in [3.63, 3.8) is 0 Å². The van der Waals surface area contributed by atoms with Gasteiger partial charge in [0.15, 0.2) is 0 Å². The standard InChI is InChI=1S/C17H22ClN7/c1-21-12-22-17(13(10-18)11-19)23-15-9-14(20)3-4-16(15)25-7-5-24(2)6-8-25/h3-4,9,12,23H,1,5-8,10,20H2,2H3/b17-13-,22-12?. The third kappa shape index (κ3) is 4.95. The molecule has 8 heteroatoms. The van der Waals surface area contributed by atoms with Crippen molar-refractivity contribution in [3.8, 4) is 6.07 Å². The molecule has 0 spiro atoms. The van der Waals surface area contributed by atoms with Crippen molar-refractivity contribution in [3.05, 3.63) is 29.6 Å². The van der Waals surface area contributed by atoms with E-state index in [2.05, 4.69) is 44.9 Å². The van der Waals surface area contributed by atoms with Gasteiger partial charge in [0, 0.05) is 31.9 Å². The Morgan fingerprint density at radius 2 is 2.16 bits per heavy atom. The Hall–Kier alpha value is -2.56. The molecule has 1 saturated heterocycles. The third-order valence-corrected chi connectivity index (χ3v) is 4.21. The summed E-state index contributed by atoms with van der Waals surface area (Å²) in [5.41, 5.74) is 8.67. The molecular formula is C17H22ClN7. The number of aliphatic imine (C=N–C) groups is 2. The first-order valence-electron chi connectivity index (χ1n) is 7.86. The van der Waals surface area contributed by atoms with Crippen molar-refractivity contribution in [2.24, 2.45) is 9.98 Å². The number of benzene rings is 1. The fraction of sp³-hybridized carbons (Fsp3) is 0.353. The van der Waals surface area contributed by atoms with Crippen LogP contribution >= 0.6 is 11.6 Å². The molecule has 7 nitrogen and oxygen atoms in total. The number of nitriles is 1. The van der Waals surface area contributed by atoms with Gasteiger partial charge in [-0.3, -0.25) is 4.99 Å². The lowest BCUT2D eigenvalue weighted by atomic mass is 10.2. The minimum atomic E-state index is 0.0411. The molecule has 0 atom stereocenters. The first-order chi connectivity index (χ1) is 12.1. The minimum Gasteiger partial charge on any atom is -0.399 e. The number of anilines is 3. The van der Waals surface area contributed by atoms with Gasteiger partial charge >= 0.3 is 0 Å². The maximum atomic E-state index is 9.28. The summed E-state index contributed by atoms with van der Waals surface area (Å²) < 4.78 is 0. The molecule has 0 aliphatic carbocycles. The summed E-state index contributed by atoms with van der Waals surface area (Å²) in [6, 6.07) is 7.72. The lowest BCUT2D eigenvalue weighted by Crippen LogP contribution is -2.44. The van der Waals surface area contributed by atoms with E-state index in [1.807, 2.05) is 18.2 Å². The van der Waals surface area contributed by atoms with Crippen LogP contribution in [0.25, 0.3) is 0 Å². The molecule has 3 N–H and O–H groups in total. The fourth-order valence-electron chi connectivity index (χ4n) is 2.53. The van der Waals surface area contributed by atoms with E-state index in [9.17, 15) is 5.26 Å². The molecule has 2 rings (SSSR count). The number of rotatable bonds is 6. The number of piperazine rings is 1. The zero-order chi connectivity index (χ0) is 18.2. The first kappa shape index (κ1) is 18.8. The second kappa shape index (κ2) is 9.06. The van der Waals surface area contributed by atoms with Gasteiger partial charge in [-0.1, -0.05) is 0 Å². The van der Waals surface area contributed by atoms with Gasteiger partial charge in [-0.05, 0) is 32.0 Å². The van der Waals surface area contributed by atoms with Crippen LogP contribution in [0.15, 0.2) is 39.6 Å². The average Bonchev–Trinajstić information content (AvgIpc) is 2.61. The monoisotopic (exact) mass is 359 g/mol. The largest absolute Gasteiger partial charge is 0.399 e. The van der Waals surface area contributed by atoms with Gasteiger partial charge in [-0.15, -0.1) is 11.6 Å². The van der Waals surface area contributed by atoms with E-state index in [1.54, 1.807) is 0 Å². The van der Waals surface area contributed by atoms with Crippen molar-refractivity contribution in [2.75, 3.05) is 55.1 Å². The van der Waals surface area contributed by atoms with Crippen LogP contribution in [0.2, 0.25) is 0 Å². The number of nitrogens with one attached hydrogen (secondary N) is 1. The van der Waals surface area contributed by atoms with Crippen molar-refractivity contribution < 1.29 is 0 Å². The van der Waals surface area contributed by atoms with Crippen LogP contribution in [0.1, 0.15) is 0 Å². The van der Waals surface area contributed by atoms with E-state index < -0.39 is 0 Å². The molecule has 1 aromatic rings. The lowest BCUT2D eigenvalue weighted by Gasteiger charge is -2.35. The summed E-state index contributed by atoms with van der Waals surface area (Å²) in [4.78, 5) is 12.3. The van der Waals surface area contributed by atoms with Gasteiger partial charge < -0.3 is 20.9 Å². The summed E-state index contributed by atoms with van der Waals surface area (Å²) in [6.07, 6.45) is 1.27. The Morgan fingerprint density at radius 1 is 1.44 bits per heavy atom. The molecule has 0 saturated carbocycles. The molecule has 0 aromatic heterocycles. The predicted molar refractivity (Wildman–Crippen MR) is 106 cm³/mol. The third-order valence-electron chi connectivity index (χ3n) is 3.94. The molecule has 0 radical (unpaired) electrons. The molecule has 1 aromatic carbocycles. The summed E-state index contributed by atoms with van der Waals surface area (Å²) in [5, 5.41) is 12.5. The second-order valence-corrected chi connectivity index (χ2v) is 5.96. The SMILES string of the molecule is C=NC=N/C(Nc1cc(N)ccc1N1CCN(C)CC1)=C(/C#N)CCl. The Bertz CT molecular complexity index is 712. The number of likely N-dealkylation sites (N-methyl/N-ethyl adjacent to an activating group) is 1. The van der Waals surface area contributed by atoms with Crippen molar-refractivity contribution in [1.29, 1.82) is 5.26 Å². The zero-order valence-electron chi connectivity index (χ0n) is 14.2. The van der Waals surface area contributed by atoms with E-state index in [1.165, 1.54) is 6.34 Å². The molecule has 25 heavy (non-hydrogen) atoms. The molecule has 1 heterocycles. The van der Waals surface area contributed by atoms with Gasteiger partial charge in [-0.2, -0.15) is 5.26 Å². The molecule has 1 aliphatic heterocycles. The van der Waals surface area contributed by atoms with Crippen LogP contribution < -0.4 is 16.0 Å². The number of alkyl halides is 1. The second-order valence-electron chi connectivity index (χ2n) is 5.69. The number of nitrogens with two attached hydrogens (primary N) is 1. The van der Waals surface area contributed by atoms with Crippen molar-refractivity contribution in [1.82, 2.24) is 4.90 Å². The summed E-state index contributed by atoms with van der Waals surface area (Å²) in [7, 11) is 2.11. The quantitative estimate of drug-likeness (QED) is 0.267. The molecule has 132 valence electrons. The normalized spacial score (nSPS) is 16.4. The zero-order valence-corrected chi connectivity index (χ0v) is 15.0. The fourth-order valence-corrected chi connectivity index (χ4v) is 2.72. The maximum absolute atomic E-state index is 9.28. The van der Waals surface area contributed by atoms with E-state index in [0.29, 0.717) is 17.1 Å². The topological polar surface area (TPSA) is 93.0 Å². The molecule has 1 fully saturated rings. The highest BCUT2D eigenvalue weighted by molar-refractivity contribution is 6.19. The summed E-state index contributed by atoms with van der Waals surface area (Å²) >= 11 is 5.86. The van der Waals surface area contributed by atoms with Crippen LogP contribution in [0.3, 0.4) is 0 Å². The number of hydrogen-bond acceptors (Lipinski definition) is 6.